The molecule has 1 atom stereocenters. The van der Waals surface area contributed by atoms with E-state index in [0.717, 1.165) is 27.6 Å². The topological polar surface area (TPSA) is 65.7 Å². The molecular weight excluding hydrogens is 542 g/mol. The molecule has 6 nitrogen and oxygen atoms in total. The molecule has 4 rings (SSSR count). The summed E-state index contributed by atoms with van der Waals surface area (Å²) in [6, 6.07) is 17.6. The molecule has 0 fully saturated rings. The number of hydrogen-bond donors (Lipinski definition) is 0. The molecule has 4 aromatic rings. The van der Waals surface area contributed by atoms with Gasteiger partial charge in [0.25, 0.3) is 5.56 Å². The number of ether oxygens (including phenoxy) is 2. The first kappa shape index (κ1) is 27.3. The summed E-state index contributed by atoms with van der Waals surface area (Å²) in [5, 5.41) is 5.12. The third-order valence-corrected chi connectivity index (χ3v) is 6.91. The zero-order chi connectivity index (χ0) is 27.2. The Kier molecular flexibility index (Phi) is 8.79. The lowest BCUT2D eigenvalue weighted by molar-refractivity contribution is 0.282. The molecule has 0 saturated heterocycles. The van der Waals surface area contributed by atoms with Crippen LogP contribution in [0.5, 0.6) is 11.5 Å². The van der Waals surface area contributed by atoms with Crippen molar-refractivity contribution in [2.24, 2.45) is 5.10 Å². The first-order chi connectivity index (χ1) is 18.3. The molecule has 3 aromatic carbocycles. The van der Waals surface area contributed by atoms with Crippen molar-refractivity contribution in [1.82, 2.24) is 9.66 Å². The molecule has 0 saturated carbocycles. The van der Waals surface area contributed by atoms with Crippen LogP contribution in [0, 0.1) is 6.92 Å². The van der Waals surface area contributed by atoms with Crippen LogP contribution in [-0.4, -0.2) is 23.0 Å². The quantitative estimate of drug-likeness (QED) is 0.149. The lowest BCUT2D eigenvalue weighted by atomic mass is 10.1. The summed E-state index contributed by atoms with van der Waals surface area (Å²) in [7, 11) is 1.62. The molecule has 0 unspecified atom stereocenters. The van der Waals surface area contributed by atoms with E-state index < -0.39 is 0 Å². The summed E-state index contributed by atoms with van der Waals surface area (Å²) < 4.78 is 14.2. The number of nitrogens with zero attached hydrogens (tertiary/aromatic N) is 3. The zero-order valence-corrected chi connectivity index (χ0v) is 23.8. The number of fused-ring (bicyclic) bond motifs is 1. The van der Waals surface area contributed by atoms with E-state index >= 15 is 0 Å². The number of halogens is 1. The summed E-state index contributed by atoms with van der Waals surface area (Å²) in [5.41, 5.74) is 4.40. The van der Waals surface area contributed by atoms with Gasteiger partial charge < -0.3 is 9.47 Å². The molecule has 0 amide bonds. The van der Waals surface area contributed by atoms with Gasteiger partial charge >= 0.3 is 0 Å². The molecule has 7 heteroatoms. The number of aromatic nitrogens is 2. The van der Waals surface area contributed by atoms with Gasteiger partial charge in [-0.05, 0) is 61.2 Å². The highest BCUT2D eigenvalue weighted by molar-refractivity contribution is 9.10. The van der Waals surface area contributed by atoms with Crippen molar-refractivity contribution in [3.8, 4) is 11.5 Å². The van der Waals surface area contributed by atoms with Crippen LogP contribution in [0.1, 0.15) is 54.3 Å². The highest BCUT2D eigenvalue weighted by Crippen LogP contribution is 2.34. The van der Waals surface area contributed by atoms with E-state index in [1.807, 2.05) is 49.4 Å². The van der Waals surface area contributed by atoms with Crippen molar-refractivity contribution in [2.45, 2.75) is 46.1 Å². The molecule has 1 heterocycles. The van der Waals surface area contributed by atoms with E-state index in [-0.39, 0.29) is 11.5 Å². The highest BCUT2D eigenvalue weighted by Gasteiger charge is 2.17. The van der Waals surface area contributed by atoms with Gasteiger partial charge in [0.05, 0.1) is 24.2 Å². The van der Waals surface area contributed by atoms with Crippen molar-refractivity contribution in [3.63, 3.8) is 0 Å². The predicted molar refractivity (Wildman–Crippen MR) is 158 cm³/mol. The lowest BCUT2D eigenvalue weighted by Gasteiger charge is -2.16. The average Bonchev–Trinajstić information content (AvgIpc) is 2.91. The van der Waals surface area contributed by atoms with Gasteiger partial charge in [-0.2, -0.15) is 9.78 Å². The molecule has 0 N–H and O–H groups in total. The predicted octanol–water partition coefficient (Wildman–Crippen LogP) is 7.18. The standard InChI is InChI=1S/C31H32BrN3O3/c1-6-9-24-15-23(16-28(37-5)29(24)38-19-22-11-8-10-20(3)14-22)18-33-35-30(21(4)7-2)34-27-13-12-25(32)17-26(27)31(35)36/h6,8,10-18,21H,1,7,9,19H2,2-5H3/t21-/m0/s1. The van der Waals surface area contributed by atoms with Crippen LogP contribution in [0.4, 0.5) is 0 Å². The van der Waals surface area contributed by atoms with E-state index in [0.29, 0.717) is 41.3 Å². The molecular formula is C31H32BrN3O3. The Balaban J connectivity index is 1.75. The van der Waals surface area contributed by atoms with E-state index in [4.69, 9.17) is 14.5 Å². The minimum Gasteiger partial charge on any atom is -0.493 e. The smallest absolute Gasteiger partial charge is 0.282 e. The largest absolute Gasteiger partial charge is 0.493 e. The summed E-state index contributed by atoms with van der Waals surface area (Å²) in [6.07, 6.45) is 4.91. The van der Waals surface area contributed by atoms with Crippen LogP contribution in [0.3, 0.4) is 0 Å². The molecule has 38 heavy (non-hydrogen) atoms. The van der Waals surface area contributed by atoms with Gasteiger partial charge in [0.15, 0.2) is 11.5 Å². The Labute approximate surface area is 231 Å². The summed E-state index contributed by atoms with van der Waals surface area (Å²) >= 11 is 3.46. The fourth-order valence-corrected chi connectivity index (χ4v) is 4.60. The number of rotatable bonds is 10. The van der Waals surface area contributed by atoms with Gasteiger partial charge in [0, 0.05) is 16.0 Å². The van der Waals surface area contributed by atoms with Crippen LogP contribution >= 0.6 is 15.9 Å². The van der Waals surface area contributed by atoms with Gasteiger partial charge in [-0.25, -0.2) is 4.98 Å². The van der Waals surface area contributed by atoms with Crippen LogP contribution < -0.4 is 15.0 Å². The maximum absolute atomic E-state index is 13.5. The van der Waals surface area contributed by atoms with Crippen LogP contribution in [0.25, 0.3) is 10.9 Å². The maximum atomic E-state index is 13.5. The normalized spacial score (nSPS) is 12.1. The molecule has 0 aliphatic carbocycles. The number of hydrogen-bond acceptors (Lipinski definition) is 5. The van der Waals surface area contributed by atoms with Gasteiger partial charge in [-0.3, -0.25) is 4.79 Å². The second-order valence-electron chi connectivity index (χ2n) is 9.28. The second kappa shape index (κ2) is 12.2. The fraction of sp³-hybridized carbons (Fsp3) is 0.258. The first-order valence-electron chi connectivity index (χ1n) is 12.6. The molecule has 1 aromatic heterocycles. The molecule has 0 bridgehead atoms. The fourth-order valence-electron chi connectivity index (χ4n) is 4.24. The van der Waals surface area contributed by atoms with Crippen molar-refractivity contribution in [3.05, 3.63) is 110 Å². The third-order valence-electron chi connectivity index (χ3n) is 6.41. The second-order valence-corrected chi connectivity index (χ2v) is 10.2. The Morgan fingerprint density at radius 1 is 1.18 bits per heavy atom. The van der Waals surface area contributed by atoms with Crippen LogP contribution in [0.2, 0.25) is 0 Å². The van der Waals surface area contributed by atoms with E-state index in [1.165, 1.54) is 10.2 Å². The Bertz CT molecular complexity index is 1560. The number of benzene rings is 3. The van der Waals surface area contributed by atoms with Crippen molar-refractivity contribution in [1.29, 1.82) is 0 Å². The highest BCUT2D eigenvalue weighted by atomic mass is 79.9. The first-order valence-corrected chi connectivity index (χ1v) is 13.4. The van der Waals surface area contributed by atoms with Gasteiger partial charge in [-0.15, -0.1) is 6.58 Å². The van der Waals surface area contributed by atoms with Crippen molar-refractivity contribution < 1.29 is 9.47 Å². The van der Waals surface area contributed by atoms with Gasteiger partial charge in [0.1, 0.15) is 12.4 Å². The van der Waals surface area contributed by atoms with Gasteiger partial charge in [-0.1, -0.05) is 65.7 Å². The van der Waals surface area contributed by atoms with E-state index in [9.17, 15) is 4.79 Å². The monoisotopic (exact) mass is 573 g/mol. The Morgan fingerprint density at radius 2 is 2.00 bits per heavy atom. The van der Waals surface area contributed by atoms with E-state index in [1.54, 1.807) is 19.4 Å². The van der Waals surface area contributed by atoms with Crippen LogP contribution in [-0.2, 0) is 13.0 Å². The van der Waals surface area contributed by atoms with Crippen molar-refractivity contribution in [2.75, 3.05) is 7.11 Å². The summed E-state index contributed by atoms with van der Waals surface area (Å²) in [4.78, 5) is 18.2. The number of aryl methyl sites for hydroxylation is 1. The third kappa shape index (κ3) is 6.05. The maximum Gasteiger partial charge on any atom is 0.282 e. The summed E-state index contributed by atoms with van der Waals surface area (Å²) in [5.74, 6) is 1.94. The number of methoxy groups -OCH3 is 1. The Morgan fingerprint density at radius 3 is 2.71 bits per heavy atom. The van der Waals surface area contributed by atoms with E-state index in [2.05, 4.69) is 53.6 Å². The lowest BCUT2D eigenvalue weighted by Crippen LogP contribution is -2.23. The summed E-state index contributed by atoms with van der Waals surface area (Å²) in [6.45, 7) is 10.5. The van der Waals surface area contributed by atoms with Crippen LogP contribution in [0.15, 0.2) is 81.6 Å². The minimum atomic E-state index is -0.209. The zero-order valence-electron chi connectivity index (χ0n) is 22.2. The van der Waals surface area contributed by atoms with Crippen molar-refractivity contribution >= 4 is 33.0 Å². The molecule has 0 aliphatic rings. The van der Waals surface area contributed by atoms with Gasteiger partial charge in [0.2, 0.25) is 0 Å². The Hall–Kier alpha value is -3.71. The molecule has 196 valence electrons. The SMILES string of the molecule is C=CCc1cc(C=Nn2c([C@@H](C)CC)nc3ccc(Br)cc3c2=O)cc(OC)c1OCc1cccc(C)c1. The molecule has 0 aliphatic heterocycles. The average molecular weight is 575 g/mol. The molecule has 0 spiro atoms. The molecule has 0 radical (unpaired) electrons. The number of allylic oxidation sites excluding steroid dienone is 1. The minimum absolute atomic E-state index is 0.0520.